The number of rotatable bonds is 7. The Bertz CT molecular complexity index is 1270. The normalized spacial score (nSPS) is 17.1. The zero-order chi connectivity index (χ0) is 24.4. The Morgan fingerprint density at radius 2 is 1.97 bits per heavy atom. The highest BCUT2D eigenvalue weighted by atomic mass is 79.9. The van der Waals surface area contributed by atoms with Gasteiger partial charge in [-0.05, 0) is 99.0 Å². The number of carbonyl (C=O) groups is 1. The van der Waals surface area contributed by atoms with Gasteiger partial charge < -0.3 is 20.1 Å². The van der Waals surface area contributed by atoms with Gasteiger partial charge in [0.15, 0.2) is 0 Å². The molecule has 7 heteroatoms. The number of nitrogens with one attached hydrogen (secondary N) is 2. The van der Waals surface area contributed by atoms with Crippen LogP contribution in [0.5, 0.6) is 0 Å². The quantitative estimate of drug-likeness (QED) is 0.374. The van der Waals surface area contributed by atoms with E-state index in [1.165, 1.54) is 25.1 Å². The molecule has 2 N–H and O–H groups in total. The fourth-order valence-electron chi connectivity index (χ4n) is 5.22. The third-order valence-corrected chi connectivity index (χ3v) is 7.87. The van der Waals surface area contributed by atoms with E-state index in [9.17, 15) is 4.79 Å². The first kappa shape index (κ1) is 24.6. The number of hydrogen-bond donors (Lipinski definition) is 2. The summed E-state index contributed by atoms with van der Waals surface area (Å²) in [5.74, 6) is 0.00848. The van der Waals surface area contributed by atoms with Crippen LogP contribution in [0.3, 0.4) is 0 Å². The molecule has 1 aliphatic heterocycles. The third kappa shape index (κ3) is 5.67. The van der Waals surface area contributed by atoms with Crippen LogP contribution in [0, 0.1) is 0 Å². The molecular weight excluding hydrogens is 524 g/mol. The van der Waals surface area contributed by atoms with Crippen LogP contribution in [0.15, 0.2) is 46.9 Å². The van der Waals surface area contributed by atoms with Crippen LogP contribution in [0.25, 0.3) is 22.0 Å². The summed E-state index contributed by atoms with van der Waals surface area (Å²) >= 11 is 9.79. The number of hydrogen-bond acceptors (Lipinski definition) is 3. The topological polar surface area (TPSA) is 51.4 Å². The number of aromatic amines is 1. The number of likely N-dealkylation sites (N-methyl/N-ethyl adjacent to an activating group) is 1. The number of allylic oxidation sites excluding steroid dienone is 1. The Labute approximate surface area is 220 Å². The molecule has 3 aromatic rings. The number of halogens is 2. The molecule has 0 radical (unpaired) electrons. The Morgan fingerprint density at radius 1 is 1.09 bits per heavy atom. The smallest absolute Gasteiger partial charge is 0.252 e. The number of H-pyrrole nitrogens is 1. The van der Waals surface area contributed by atoms with Crippen molar-refractivity contribution in [2.45, 2.75) is 25.7 Å². The van der Waals surface area contributed by atoms with Crippen LogP contribution in [0.1, 0.15) is 36.1 Å². The first-order valence-corrected chi connectivity index (χ1v) is 13.6. The summed E-state index contributed by atoms with van der Waals surface area (Å²) in [5.41, 5.74) is 6.00. The number of carbonyl (C=O) groups excluding carboxylic acids is 1. The standard InChI is InChI=1S/C28H32BrClN4O/c1-33-10-4-12-34(14-13-33)11-3-2-9-31-28(35)27-23-7-5-21(29)15-19(23)17-24(27)26-18-20-16-22(30)6-8-25(20)32-26/h5-8,15-16,18,32H,2-4,9-14,17H2,1H3,(H,31,35). The molecule has 0 atom stereocenters. The second kappa shape index (κ2) is 10.9. The van der Waals surface area contributed by atoms with E-state index in [4.69, 9.17) is 11.6 Å². The highest BCUT2D eigenvalue weighted by Gasteiger charge is 2.28. The minimum Gasteiger partial charge on any atom is -0.355 e. The molecule has 1 saturated heterocycles. The SMILES string of the molecule is CN1CCCN(CCCCNC(=O)C2=C(c3cc4cc(Cl)ccc4[nH]3)Cc3cc(Br)ccc32)CC1. The summed E-state index contributed by atoms with van der Waals surface area (Å²) < 4.78 is 1.03. The predicted molar refractivity (Wildman–Crippen MR) is 149 cm³/mol. The molecule has 2 aromatic carbocycles. The van der Waals surface area contributed by atoms with Crippen molar-refractivity contribution in [3.05, 3.63) is 68.8 Å². The molecule has 0 spiro atoms. The molecule has 0 saturated carbocycles. The molecule has 5 nitrogen and oxygen atoms in total. The van der Waals surface area contributed by atoms with Gasteiger partial charge in [-0.15, -0.1) is 0 Å². The summed E-state index contributed by atoms with van der Waals surface area (Å²) in [7, 11) is 2.20. The van der Waals surface area contributed by atoms with Crippen molar-refractivity contribution >= 4 is 55.5 Å². The van der Waals surface area contributed by atoms with E-state index in [0.717, 1.165) is 76.7 Å². The van der Waals surface area contributed by atoms with Crippen LogP contribution in [-0.2, 0) is 11.2 Å². The van der Waals surface area contributed by atoms with Gasteiger partial charge in [0.05, 0.1) is 5.57 Å². The maximum Gasteiger partial charge on any atom is 0.252 e. The number of benzene rings is 2. The summed E-state index contributed by atoms with van der Waals surface area (Å²) in [4.78, 5) is 21.9. The molecule has 1 aromatic heterocycles. The van der Waals surface area contributed by atoms with Crippen molar-refractivity contribution < 1.29 is 4.79 Å². The van der Waals surface area contributed by atoms with Gasteiger partial charge in [-0.1, -0.05) is 33.6 Å². The van der Waals surface area contributed by atoms with Crippen LogP contribution in [-0.4, -0.2) is 67.0 Å². The van der Waals surface area contributed by atoms with Crippen molar-refractivity contribution in [3.63, 3.8) is 0 Å². The van der Waals surface area contributed by atoms with Crippen LogP contribution >= 0.6 is 27.5 Å². The molecule has 2 heterocycles. The Balaban J connectivity index is 1.28. The van der Waals surface area contributed by atoms with Crippen molar-refractivity contribution in [2.75, 3.05) is 46.3 Å². The molecule has 184 valence electrons. The highest BCUT2D eigenvalue weighted by molar-refractivity contribution is 9.10. The summed E-state index contributed by atoms with van der Waals surface area (Å²) in [6, 6.07) is 14.1. The van der Waals surface area contributed by atoms with Gasteiger partial charge in [0.1, 0.15) is 0 Å². The van der Waals surface area contributed by atoms with Crippen LogP contribution in [0.2, 0.25) is 5.02 Å². The fourth-order valence-corrected chi connectivity index (χ4v) is 5.81. The molecule has 1 aliphatic carbocycles. The van der Waals surface area contributed by atoms with E-state index in [1.54, 1.807) is 0 Å². The van der Waals surface area contributed by atoms with Gasteiger partial charge in [0.25, 0.3) is 5.91 Å². The first-order valence-electron chi connectivity index (χ1n) is 12.5. The average molecular weight is 556 g/mol. The predicted octanol–water partition coefficient (Wildman–Crippen LogP) is 5.58. The molecule has 5 rings (SSSR count). The molecule has 35 heavy (non-hydrogen) atoms. The minimum absolute atomic E-state index is 0.00848. The minimum atomic E-state index is 0.00848. The van der Waals surface area contributed by atoms with Crippen LogP contribution < -0.4 is 5.32 Å². The van der Waals surface area contributed by atoms with E-state index in [0.29, 0.717) is 11.6 Å². The van der Waals surface area contributed by atoms with Gasteiger partial charge in [-0.3, -0.25) is 4.79 Å². The van der Waals surface area contributed by atoms with E-state index >= 15 is 0 Å². The van der Waals surface area contributed by atoms with Gasteiger partial charge in [-0.2, -0.15) is 0 Å². The Morgan fingerprint density at radius 3 is 2.86 bits per heavy atom. The summed E-state index contributed by atoms with van der Waals surface area (Å²) in [6.07, 6.45) is 4.04. The number of aromatic nitrogens is 1. The third-order valence-electron chi connectivity index (χ3n) is 7.14. The van der Waals surface area contributed by atoms with E-state index in [1.807, 2.05) is 24.3 Å². The Hall–Kier alpha value is -2.12. The lowest BCUT2D eigenvalue weighted by Gasteiger charge is -2.19. The second-order valence-corrected chi connectivity index (χ2v) is 11.1. The van der Waals surface area contributed by atoms with Gasteiger partial charge >= 0.3 is 0 Å². The molecule has 1 amide bonds. The zero-order valence-corrected chi connectivity index (χ0v) is 22.5. The number of nitrogens with zero attached hydrogens (tertiary/aromatic N) is 2. The highest BCUT2D eigenvalue weighted by Crippen LogP contribution is 2.40. The lowest BCUT2D eigenvalue weighted by Crippen LogP contribution is -2.30. The number of fused-ring (bicyclic) bond motifs is 2. The molecule has 0 unspecified atom stereocenters. The lowest BCUT2D eigenvalue weighted by atomic mass is 10.0. The summed E-state index contributed by atoms with van der Waals surface area (Å²) in [5, 5.41) is 4.97. The molecular formula is C28H32BrClN4O. The number of unbranched alkanes of at least 4 members (excludes halogenated alkanes) is 1. The van der Waals surface area contributed by atoms with Gasteiger partial charge in [0, 0.05) is 52.1 Å². The van der Waals surface area contributed by atoms with Crippen molar-refractivity contribution in [2.24, 2.45) is 0 Å². The largest absolute Gasteiger partial charge is 0.355 e. The van der Waals surface area contributed by atoms with Crippen LogP contribution in [0.4, 0.5) is 0 Å². The van der Waals surface area contributed by atoms with E-state index in [-0.39, 0.29) is 5.91 Å². The fraction of sp³-hybridized carbons (Fsp3) is 0.393. The van der Waals surface area contributed by atoms with Gasteiger partial charge in [0.2, 0.25) is 0 Å². The van der Waals surface area contributed by atoms with Gasteiger partial charge in [-0.25, -0.2) is 0 Å². The summed E-state index contributed by atoms with van der Waals surface area (Å²) in [6.45, 7) is 6.44. The lowest BCUT2D eigenvalue weighted by molar-refractivity contribution is -0.115. The zero-order valence-electron chi connectivity index (χ0n) is 20.2. The molecule has 1 fully saturated rings. The number of amides is 1. The van der Waals surface area contributed by atoms with Crippen molar-refractivity contribution in [1.29, 1.82) is 0 Å². The molecule has 2 aliphatic rings. The monoisotopic (exact) mass is 554 g/mol. The maximum atomic E-state index is 13.5. The Kier molecular flexibility index (Phi) is 7.63. The molecule has 0 bridgehead atoms. The second-order valence-electron chi connectivity index (χ2n) is 9.71. The van der Waals surface area contributed by atoms with E-state index < -0.39 is 0 Å². The first-order chi connectivity index (χ1) is 17.0. The average Bonchev–Trinajstić information content (AvgIpc) is 3.35. The maximum absolute atomic E-state index is 13.5. The van der Waals surface area contributed by atoms with Crippen molar-refractivity contribution in [1.82, 2.24) is 20.1 Å². The van der Waals surface area contributed by atoms with Crippen molar-refractivity contribution in [3.8, 4) is 0 Å². The van der Waals surface area contributed by atoms with E-state index in [2.05, 4.69) is 61.3 Å².